The molecule has 3 N–H and O–H groups in total. The lowest BCUT2D eigenvalue weighted by atomic mass is 10.1. The number of aromatic nitrogens is 1. The van der Waals surface area contributed by atoms with E-state index in [1.807, 2.05) is 18.2 Å². The number of rotatable bonds is 9. The molecule has 0 amide bonds. The molecule has 150 valence electrons. The van der Waals surface area contributed by atoms with Gasteiger partial charge >= 0.3 is 0 Å². The largest absolute Gasteiger partial charge is 0.497 e. The summed E-state index contributed by atoms with van der Waals surface area (Å²) in [5.74, 6) is 2.88. The molecule has 0 bridgehead atoms. The first-order valence-electron chi connectivity index (χ1n) is 9.37. The number of fused-ring (bicyclic) bond motifs is 1. The summed E-state index contributed by atoms with van der Waals surface area (Å²) in [7, 11) is 6.59. The number of benzene rings is 2. The van der Waals surface area contributed by atoms with Crippen LogP contribution in [0.25, 0.3) is 10.9 Å². The normalized spacial score (nSPS) is 10.9. The van der Waals surface area contributed by atoms with Crippen LogP contribution < -0.4 is 24.3 Å². The van der Waals surface area contributed by atoms with E-state index in [0.717, 1.165) is 36.3 Å². The monoisotopic (exact) mass is 385 g/mol. The van der Waals surface area contributed by atoms with E-state index < -0.39 is 0 Å². The number of aryl methyl sites for hydroxylation is 1. The minimum Gasteiger partial charge on any atom is -0.497 e. The molecule has 28 heavy (non-hydrogen) atoms. The second-order valence-corrected chi connectivity index (χ2v) is 6.71. The Bertz CT molecular complexity index is 924. The molecule has 2 aromatic carbocycles. The predicted octanol–water partition coefficient (Wildman–Crippen LogP) is 2.82. The molecule has 0 atom stereocenters. The molecule has 0 aliphatic rings. The van der Waals surface area contributed by atoms with Gasteiger partial charge in [-0.25, -0.2) is 0 Å². The van der Waals surface area contributed by atoms with Crippen molar-refractivity contribution in [2.75, 3.05) is 35.0 Å². The second kappa shape index (κ2) is 8.89. The van der Waals surface area contributed by atoms with E-state index in [0.29, 0.717) is 17.2 Å². The van der Waals surface area contributed by atoms with Crippen LogP contribution in [0.4, 0.5) is 0 Å². The summed E-state index contributed by atoms with van der Waals surface area (Å²) in [6.45, 7) is 3.93. The molecule has 0 saturated carbocycles. The van der Waals surface area contributed by atoms with Crippen LogP contribution in [0, 0.1) is 6.92 Å². The number of ether oxygens (including phenoxy) is 4. The Morgan fingerprint density at radius 1 is 0.893 bits per heavy atom. The minimum atomic E-state index is 0.622. The van der Waals surface area contributed by atoms with Crippen LogP contribution >= 0.6 is 0 Å². The maximum Gasteiger partial charge on any atom is 0.203 e. The van der Waals surface area contributed by atoms with Crippen molar-refractivity contribution in [3.05, 3.63) is 47.2 Å². The van der Waals surface area contributed by atoms with E-state index >= 15 is 0 Å². The van der Waals surface area contributed by atoms with E-state index in [2.05, 4.69) is 29.4 Å². The van der Waals surface area contributed by atoms with Gasteiger partial charge in [-0.05, 0) is 42.8 Å². The van der Waals surface area contributed by atoms with E-state index in [1.54, 1.807) is 28.4 Å². The lowest BCUT2D eigenvalue weighted by molar-refractivity contribution is -0.670. The highest BCUT2D eigenvalue weighted by molar-refractivity contribution is 5.86. The van der Waals surface area contributed by atoms with Crippen LogP contribution in [-0.2, 0) is 13.0 Å². The van der Waals surface area contributed by atoms with Crippen LogP contribution in [0.15, 0.2) is 30.3 Å². The number of methoxy groups -OCH3 is 4. The van der Waals surface area contributed by atoms with Crippen LogP contribution in [0.5, 0.6) is 23.0 Å². The average molecular weight is 385 g/mol. The second-order valence-electron chi connectivity index (χ2n) is 6.71. The smallest absolute Gasteiger partial charge is 0.203 e. The number of H-pyrrole nitrogens is 1. The summed E-state index contributed by atoms with van der Waals surface area (Å²) in [5.41, 5.74) is 4.84. The molecule has 0 radical (unpaired) electrons. The van der Waals surface area contributed by atoms with Crippen molar-refractivity contribution >= 4 is 10.9 Å². The van der Waals surface area contributed by atoms with Gasteiger partial charge in [-0.2, -0.15) is 0 Å². The third kappa shape index (κ3) is 4.02. The molecule has 0 spiro atoms. The summed E-state index contributed by atoms with van der Waals surface area (Å²) < 4.78 is 21.6. The van der Waals surface area contributed by atoms with Gasteiger partial charge in [0.25, 0.3) is 0 Å². The molecule has 0 aliphatic heterocycles. The fourth-order valence-corrected chi connectivity index (χ4v) is 3.58. The molecule has 3 rings (SSSR count). The Morgan fingerprint density at radius 3 is 2.21 bits per heavy atom. The van der Waals surface area contributed by atoms with Crippen molar-refractivity contribution < 1.29 is 24.3 Å². The Hall–Kier alpha value is -2.86. The Kier molecular flexibility index (Phi) is 6.31. The van der Waals surface area contributed by atoms with Gasteiger partial charge in [-0.1, -0.05) is 0 Å². The van der Waals surface area contributed by atoms with Gasteiger partial charge < -0.3 is 29.2 Å². The molecule has 1 aromatic heterocycles. The van der Waals surface area contributed by atoms with Crippen molar-refractivity contribution in [3.63, 3.8) is 0 Å². The van der Waals surface area contributed by atoms with E-state index in [4.69, 9.17) is 18.9 Å². The van der Waals surface area contributed by atoms with Crippen molar-refractivity contribution in [1.82, 2.24) is 4.98 Å². The highest BCUT2D eigenvalue weighted by atomic mass is 16.5. The molecule has 6 nitrogen and oxygen atoms in total. The number of quaternary nitrogens is 1. The molecular weight excluding hydrogens is 356 g/mol. The predicted molar refractivity (Wildman–Crippen MR) is 110 cm³/mol. The maximum absolute atomic E-state index is 5.44. The molecule has 0 unspecified atom stereocenters. The van der Waals surface area contributed by atoms with Crippen LogP contribution in [-0.4, -0.2) is 40.0 Å². The van der Waals surface area contributed by atoms with Crippen molar-refractivity contribution in [2.24, 2.45) is 0 Å². The van der Waals surface area contributed by atoms with E-state index in [1.165, 1.54) is 16.6 Å². The molecule has 0 saturated heterocycles. The molecule has 0 aliphatic carbocycles. The van der Waals surface area contributed by atoms with Gasteiger partial charge in [0.05, 0.1) is 35.0 Å². The first-order valence-corrected chi connectivity index (χ1v) is 9.37. The van der Waals surface area contributed by atoms with Crippen molar-refractivity contribution in [2.45, 2.75) is 19.9 Å². The Balaban J connectivity index is 1.68. The average Bonchev–Trinajstić information content (AvgIpc) is 3.04. The first kappa shape index (κ1) is 19.9. The van der Waals surface area contributed by atoms with Crippen LogP contribution in [0.3, 0.4) is 0 Å². The van der Waals surface area contributed by atoms with E-state index in [9.17, 15) is 0 Å². The number of hydrogen-bond donors (Lipinski definition) is 2. The fraction of sp³-hybridized carbons (Fsp3) is 0.364. The lowest BCUT2D eigenvalue weighted by Crippen LogP contribution is -2.83. The fourth-order valence-electron chi connectivity index (χ4n) is 3.58. The molecule has 0 fully saturated rings. The third-order valence-corrected chi connectivity index (χ3v) is 5.03. The van der Waals surface area contributed by atoms with Gasteiger partial charge in [-0.3, -0.25) is 0 Å². The number of aromatic amines is 1. The zero-order chi connectivity index (χ0) is 20.1. The summed E-state index contributed by atoms with van der Waals surface area (Å²) in [6, 6.07) is 10.2. The summed E-state index contributed by atoms with van der Waals surface area (Å²) in [4.78, 5) is 3.46. The quantitative estimate of drug-likeness (QED) is 0.556. The van der Waals surface area contributed by atoms with Crippen molar-refractivity contribution in [3.8, 4) is 23.0 Å². The molecular formula is C22H29N2O4+. The standard InChI is InChI=1S/C22H28N2O4/c1-14-17(18-12-16(25-2)6-7-19(18)24-14)8-9-23-13-15-10-20(26-3)22(28-5)21(11-15)27-4/h6-7,10-12,23-24H,8-9,13H2,1-5H3/p+1. The zero-order valence-corrected chi connectivity index (χ0v) is 17.2. The molecule has 1 heterocycles. The van der Waals surface area contributed by atoms with Gasteiger partial charge in [0.2, 0.25) is 5.75 Å². The summed E-state index contributed by atoms with van der Waals surface area (Å²) >= 11 is 0. The molecule has 6 heteroatoms. The first-order chi connectivity index (χ1) is 13.6. The minimum absolute atomic E-state index is 0.622. The van der Waals surface area contributed by atoms with E-state index in [-0.39, 0.29) is 0 Å². The lowest BCUT2D eigenvalue weighted by Gasteiger charge is -2.13. The van der Waals surface area contributed by atoms with Crippen molar-refractivity contribution in [1.29, 1.82) is 0 Å². The third-order valence-electron chi connectivity index (χ3n) is 5.03. The van der Waals surface area contributed by atoms with Gasteiger partial charge in [0.1, 0.15) is 12.3 Å². The number of hydrogen-bond acceptors (Lipinski definition) is 4. The molecule has 3 aromatic rings. The van der Waals surface area contributed by atoms with Crippen LogP contribution in [0.1, 0.15) is 16.8 Å². The number of nitrogens with one attached hydrogen (secondary N) is 1. The maximum atomic E-state index is 5.44. The Labute approximate surface area is 165 Å². The van der Waals surface area contributed by atoms with Gasteiger partial charge in [-0.15, -0.1) is 0 Å². The highest BCUT2D eigenvalue weighted by Gasteiger charge is 2.14. The number of nitrogens with two attached hydrogens (primary N) is 1. The summed E-state index contributed by atoms with van der Waals surface area (Å²) in [6.07, 6.45) is 0.976. The van der Waals surface area contributed by atoms with Gasteiger partial charge in [0, 0.05) is 28.6 Å². The summed E-state index contributed by atoms with van der Waals surface area (Å²) in [5, 5.41) is 3.53. The topological polar surface area (TPSA) is 69.3 Å². The Morgan fingerprint density at radius 2 is 1.61 bits per heavy atom. The SMILES string of the molecule is COc1ccc2[nH]c(C)c(CC[NH2+]Cc3cc(OC)c(OC)c(OC)c3)c2c1. The highest BCUT2D eigenvalue weighted by Crippen LogP contribution is 2.38. The van der Waals surface area contributed by atoms with Gasteiger partial charge in [0.15, 0.2) is 11.5 Å². The zero-order valence-electron chi connectivity index (χ0n) is 17.2. The van der Waals surface area contributed by atoms with Crippen LogP contribution in [0.2, 0.25) is 0 Å².